The van der Waals surface area contributed by atoms with Crippen molar-refractivity contribution in [2.75, 3.05) is 0 Å². The van der Waals surface area contributed by atoms with Gasteiger partial charge < -0.3 is 19.7 Å². The molecule has 0 aliphatic rings. The summed E-state index contributed by atoms with van der Waals surface area (Å²) in [4.78, 5) is 33.2. The minimum Gasteiger partial charge on any atom is -0.478 e. The van der Waals surface area contributed by atoms with Crippen molar-refractivity contribution in [2.45, 2.75) is 51.9 Å². The Morgan fingerprint density at radius 2 is 1.72 bits per heavy atom. The van der Waals surface area contributed by atoms with E-state index in [0.29, 0.717) is 0 Å². The highest BCUT2D eigenvalue weighted by molar-refractivity contribution is 5.84. The zero-order valence-electron chi connectivity index (χ0n) is 10.8. The normalized spacial score (nSPS) is 14.5. The number of hydrogen-bond acceptors (Lipinski definition) is 6. The Labute approximate surface area is 105 Å². The van der Waals surface area contributed by atoms with Gasteiger partial charge in [0.2, 0.25) is 6.10 Å². The molecule has 0 radical (unpaired) electrons. The van der Waals surface area contributed by atoms with E-state index in [9.17, 15) is 14.4 Å². The highest BCUT2D eigenvalue weighted by Crippen LogP contribution is 2.11. The largest absolute Gasteiger partial charge is 0.478 e. The molecule has 0 aliphatic heterocycles. The summed E-state index contributed by atoms with van der Waals surface area (Å²) >= 11 is 0. The Balaban J connectivity index is 4.51. The first-order chi connectivity index (χ1) is 8.03. The maximum absolute atomic E-state index is 11.4. The van der Waals surface area contributed by atoms with Gasteiger partial charge in [-0.15, -0.1) is 0 Å². The number of hydrogen-bond donors (Lipinski definition) is 2. The van der Waals surface area contributed by atoms with Gasteiger partial charge in [-0.2, -0.15) is 0 Å². The molecule has 2 N–H and O–H groups in total. The molecular formula is C11H18O7. The number of carboxylic acids is 1. The molecule has 0 saturated heterocycles. The van der Waals surface area contributed by atoms with Gasteiger partial charge in [0.05, 0.1) is 6.42 Å². The summed E-state index contributed by atoms with van der Waals surface area (Å²) < 4.78 is 9.37. The second kappa shape index (κ2) is 6.34. The number of aliphatic hydroxyl groups is 1. The number of rotatable bonds is 5. The number of ether oxygens (including phenoxy) is 2. The second-order valence-electron chi connectivity index (χ2n) is 4.73. The van der Waals surface area contributed by atoms with Gasteiger partial charge in [0.25, 0.3) is 0 Å². The van der Waals surface area contributed by atoms with Gasteiger partial charge in [-0.3, -0.25) is 4.79 Å². The first-order valence-corrected chi connectivity index (χ1v) is 5.36. The van der Waals surface area contributed by atoms with E-state index in [-0.39, 0.29) is 0 Å². The average molecular weight is 262 g/mol. The van der Waals surface area contributed by atoms with E-state index in [0.717, 1.165) is 6.92 Å². The molecule has 0 rings (SSSR count). The van der Waals surface area contributed by atoms with Crippen LogP contribution >= 0.6 is 0 Å². The van der Waals surface area contributed by atoms with Crippen molar-refractivity contribution in [3.63, 3.8) is 0 Å². The number of aliphatic hydroxyl groups excluding tert-OH is 1. The minimum atomic E-state index is -1.66. The van der Waals surface area contributed by atoms with Crippen LogP contribution in [0.5, 0.6) is 0 Å². The molecule has 2 atom stereocenters. The molecule has 0 aliphatic carbocycles. The molecule has 7 heteroatoms. The molecule has 0 saturated carbocycles. The van der Waals surface area contributed by atoms with E-state index in [1.807, 2.05) is 0 Å². The Hall–Kier alpha value is -1.63. The number of esters is 2. The summed E-state index contributed by atoms with van der Waals surface area (Å²) in [6, 6.07) is 0. The summed E-state index contributed by atoms with van der Waals surface area (Å²) in [5, 5.41) is 17.7. The summed E-state index contributed by atoms with van der Waals surface area (Å²) in [5.41, 5.74) is -0.756. The maximum Gasteiger partial charge on any atom is 0.345 e. The molecule has 0 unspecified atom stereocenters. The van der Waals surface area contributed by atoms with Gasteiger partial charge in [-0.1, -0.05) is 0 Å². The van der Waals surface area contributed by atoms with Gasteiger partial charge in [0.15, 0.2) is 0 Å². The van der Waals surface area contributed by atoms with Crippen LogP contribution in [-0.4, -0.2) is 45.9 Å². The van der Waals surface area contributed by atoms with Crippen LogP contribution in [0.25, 0.3) is 0 Å². The lowest BCUT2D eigenvalue weighted by atomic mass is 10.2. The van der Waals surface area contributed by atoms with Crippen LogP contribution in [0.1, 0.15) is 34.1 Å². The molecule has 7 nitrogen and oxygen atoms in total. The van der Waals surface area contributed by atoms with Crippen molar-refractivity contribution in [3.8, 4) is 0 Å². The number of aliphatic carboxylic acids is 1. The molecule has 0 aromatic rings. The van der Waals surface area contributed by atoms with Crippen molar-refractivity contribution < 1.29 is 34.1 Å². The predicted molar refractivity (Wildman–Crippen MR) is 59.7 cm³/mol. The second-order valence-corrected chi connectivity index (χ2v) is 4.73. The van der Waals surface area contributed by atoms with E-state index < -0.39 is 42.1 Å². The van der Waals surface area contributed by atoms with Crippen molar-refractivity contribution in [3.05, 3.63) is 0 Å². The van der Waals surface area contributed by atoms with Crippen molar-refractivity contribution in [2.24, 2.45) is 0 Å². The molecule has 0 heterocycles. The van der Waals surface area contributed by atoms with E-state index in [4.69, 9.17) is 14.9 Å². The van der Waals surface area contributed by atoms with Crippen LogP contribution in [0.2, 0.25) is 0 Å². The molecule has 0 bridgehead atoms. The third kappa shape index (κ3) is 6.85. The molecule has 104 valence electrons. The summed E-state index contributed by atoms with van der Waals surface area (Å²) in [6.07, 6.45) is -3.72. The van der Waals surface area contributed by atoms with Gasteiger partial charge in [0.1, 0.15) is 11.7 Å². The fourth-order valence-electron chi connectivity index (χ4n) is 0.953. The van der Waals surface area contributed by atoms with Crippen LogP contribution in [0.15, 0.2) is 0 Å². The smallest absolute Gasteiger partial charge is 0.345 e. The van der Waals surface area contributed by atoms with Crippen LogP contribution in [0, 0.1) is 0 Å². The molecule has 0 spiro atoms. The van der Waals surface area contributed by atoms with Crippen LogP contribution in [-0.2, 0) is 23.9 Å². The number of carboxylic acid groups (broad SMARTS) is 1. The monoisotopic (exact) mass is 262 g/mol. The van der Waals surface area contributed by atoms with E-state index in [1.165, 1.54) is 0 Å². The molecule has 0 aromatic carbocycles. The third-order valence-electron chi connectivity index (χ3n) is 1.65. The topological polar surface area (TPSA) is 110 Å². The zero-order chi connectivity index (χ0) is 14.5. The van der Waals surface area contributed by atoms with Crippen molar-refractivity contribution >= 4 is 17.9 Å². The third-order valence-corrected chi connectivity index (χ3v) is 1.65. The quantitative estimate of drug-likeness (QED) is 0.676. The van der Waals surface area contributed by atoms with Gasteiger partial charge in [0, 0.05) is 0 Å². The molecular weight excluding hydrogens is 244 g/mol. The summed E-state index contributed by atoms with van der Waals surface area (Å²) in [6.45, 7) is 6.02. The molecule has 0 fully saturated rings. The molecule has 0 aromatic heterocycles. The molecule has 18 heavy (non-hydrogen) atoms. The van der Waals surface area contributed by atoms with Gasteiger partial charge >= 0.3 is 17.9 Å². The zero-order valence-corrected chi connectivity index (χ0v) is 10.8. The van der Waals surface area contributed by atoms with Gasteiger partial charge in [-0.25, -0.2) is 9.59 Å². The maximum atomic E-state index is 11.4. The summed E-state index contributed by atoms with van der Waals surface area (Å²) in [5.74, 6) is -3.38. The SMILES string of the molecule is C[C@H](O)C(=O)O[C@@H](CC(=O)OC(C)(C)C)C(=O)O. The van der Waals surface area contributed by atoms with E-state index in [1.54, 1.807) is 20.8 Å². The number of carbonyl (C=O) groups excluding carboxylic acids is 2. The average Bonchev–Trinajstić information content (AvgIpc) is 2.12. The van der Waals surface area contributed by atoms with Gasteiger partial charge in [-0.05, 0) is 27.7 Å². The summed E-state index contributed by atoms with van der Waals surface area (Å²) in [7, 11) is 0. The van der Waals surface area contributed by atoms with Crippen LogP contribution < -0.4 is 0 Å². The molecule has 0 amide bonds. The Kier molecular flexibility index (Phi) is 5.77. The highest BCUT2D eigenvalue weighted by Gasteiger charge is 2.29. The minimum absolute atomic E-state index is 0.606. The fourth-order valence-corrected chi connectivity index (χ4v) is 0.953. The van der Waals surface area contributed by atoms with E-state index in [2.05, 4.69) is 4.74 Å². The first-order valence-electron chi connectivity index (χ1n) is 5.36. The highest BCUT2D eigenvalue weighted by atomic mass is 16.6. The Morgan fingerprint density at radius 1 is 1.22 bits per heavy atom. The standard InChI is InChI=1S/C11H18O7/c1-6(12)10(16)17-7(9(14)15)5-8(13)18-11(2,3)4/h6-7,12H,5H2,1-4H3,(H,14,15)/t6-,7-/m0/s1. The van der Waals surface area contributed by atoms with Crippen LogP contribution in [0.3, 0.4) is 0 Å². The lowest BCUT2D eigenvalue weighted by molar-refractivity contribution is -0.175. The lowest BCUT2D eigenvalue weighted by Gasteiger charge is -2.21. The lowest BCUT2D eigenvalue weighted by Crippen LogP contribution is -2.35. The van der Waals surface area contributed by atoms with Crippen LogP contribution in [0.4, 0.5) is 0 Å². The Morgan fingerprint density at radius 3 is 2.06 bits per heavy atom. The predicted octanol–water partition coefficient (Wildman–Crippen LogP) is 0.0954. The first kappa shape index (κ1) is 16.4. The van der Waals surface area contributed by atoms with Crippen molar-refractivity contribution in [1.29, 1.82) is 0 Å². The number of carbonyl (C=O) groups is 3. The fraction of sp³-hybridized carbons (Fsp3) is 0.727. The van der Waals surface area contributed by atoms with Crippen molar-refractivity contribution in [1.82, 2.24) is 0 Å². The Bertz CT molecular complexity index is 327. The van der Waals surface area contributed by atoms with E-state index >= 15 is 0 Å².